The molecule has 5 rings (SSSR count). The summed E-state index contributed by atoms with van der Waals surface area (Å²) in [7, 11) is 1.50. The lowest BCUT2D eigenvalue weighted by molar-refractivity contribution is 0.0949. The molecule has 1 aliphatic heterocycles. The quantitative estimate of drug-likeness (QED) is 0.357. The monoisotopic (exact) mass is 486 g/mol. The first kappa shape index (κ1) is 23.8. The van der Waals surface area contributed by atoms with E-state index in [9.17, 15) is 14.4 Å². The molecule has 0 spiro atoms. The number of carbonyl (C=O) groups is 3. The SMILES string of the molecule is CN.O=Cc1ccc(-c2ncc(CNC(=O)c3ccc4c(c3)NC(=O)c3ccccc3O4)s2)cc1. The molecule has 35 heavy (non-hydrogen) atoms. The number of fused-ring (bicyclic) bond motifs is 2. The van der Waals surface area contributed by atoms with E-state index in [4.69, 9.17) is 4.74 Å². The molecule has 8 nitrogen and oxygen atoms in total. The van der Waals surface area contributed by atoms with Crippen LogP contribution in [0.25, 0.3) is 10.6 Å². The van der Waals surface area contributed by atoms with Gasteiger partial charge >= 0.3 is 0 Å². The minimum absolute atomic E-state index is 0.279. The number of nitrogens with two attached hydrogens (primary N) is 1. The van der Waals surface area contributed by atoms with Crippen molar-refractivity contribution in [3.63, 3.8) is 0 Å². The molecule has 1 aliphatic rings. The highest BCUT2D eigenvalue weighted by molar-refractivity contribution is 7.15. The number of aromatic nitrogens is 1. The number of nitrogens with zero attached hydrogens (tertiary/aromatic N) is 1. The number of anilines is 1. The zero-order valence-electron chi connectivity index (χ0n) is 18.8. The Labute approximate surface area is 205 Å². The molecule has 1 aromatic heterocycles. The fraction of sp³-hybridized carbons (Fsp3) is 0.0769. The van der Waals surface area contributed by atoms with Gasteiger partial charge in [0.15, 0.2) is 5.75 Å². The number of amides is 2. The van der Waals surface area contributed by atoms with Crippen molar-refractivity contribution in [2.75, 3.05) is 12.4 Å². The molecule has 0 unspecified atom stereocenters. The van der Waals surface area contributed by atoms with Gasteiger partial charge in [-0.05, 0) is 37.4 Å². The molecule has 3 aromatic carbocycles. The van der Waals surface area contributed by atoms with Gasteiger partial charge in [-0.25, -0.2) is 4.98 Å². The third-order valence-corrected chi connectivity index (χ3v) is 6.16. The van der Waals surface area contributed by atoms with Crippen LogP contribution in [0.3, 0.4) is 0 Å². The smallest absolute Gasteiger partial charge is 0.259 e. The highest BCUT2D eigenvalue weighted by atomic mass is 32.1. The van der Waals surface area contributed by atoms with Gasteiger partial charge in [-0.3, -0.25) is 14.4 Å². The third kappa shape index (κ3) is 5.26. The topological polar surface area (TPSA) is 123 Å². The molecule has 0 atom stereocenters. The molecule has 0 bridgehead atoms. The number of nitrogens with one attached hydrogen (secondary N) is 2. The maximum absolute atomic E-state index is 12.7. The molecule has 2 amide bonds. The summed E-state index contributed by atoms with van der Waals surface area (Å²) in [5, 5.41) is 6.49. The molecule has 176 valence electrons. The molecule has 9 heteroatoms. The van der Waals surface area contributed by atoms with Crippen molar-refractivity contribution in [3.8, 4) is 22.1 Å². The maximum atomic E-state index is 12.7. The van der Waals surface area contributed by atoms with Gasteiger partial charge in [0.2, 0.25) is 0 Å². The van der Waals surface area contributed by atoms with Gasteiger partial charge in [0, 0.05) is 27.8 Å². The van der Waals surface area contributed by atoms with Crippen LogP contribution < -0.4 is 21.1 Å². The van der Waals surface area contributed by atoms with E-state index < -0.39 is 0 Å². The Morgan fingerprint density at radius 3 is 2.63 bits per heavy atom. The zero-order valence-corrected chi connectivity index (χ0v) is 19.6. The molecule has 0 radical (unpaired) electrons. The molecule has 2 heterocycles. The van der Waals surface area contributed by atoms with Crippen molar-refractivity contribution in [1.29, 1.82) is 0 Å². The number of ether oxygens (including phenoxy) is 1. The Balaban J connectivity index is 0.00000141. The lowest BCUT2D eigenvalue weighted by Gasteiger charge is -2.10. The van der Waals surface area contributed by atoms with Crippen molar-refractivity contribution < 1.29 is 19.1 Å². The minimum Gasteiger partial charge on any atom is -0.454 e. The summed E-state index contributed by atoms with van der Waals surface area (Å²) in [6.07, 6.45) is 2.52. The Bertz CT molecular complexity index is 1380. The Morgan fingerprint density at radius 1 is 1.09 bits per heavy atom. The van der Waals surface area contributed by atoms with E-state index in [0.717, 1.165) is 21.7 Å². The Morgan fingerprint density at radius 2 is 1.86 bits per heavy atom. The van der Waals surface area contributed by atoms with Crippen molar-refractivity contribution in [2.45, 2.75) is 6.54 Å². The molecule has 0 saturated carbocycles. The van der Waals surface area contributed by atoms with E-state index in [1.807, 2.05) is 12.1 Å². The first-order valence-corrected chi connectivity index (χ1v) is 11.5. The van der Waals surface area contributed by atoms with E-state index in [1.165, 1.54) is 18.4 Å². The van der Waals surface area contributed by atoms with Crippen molar-refractivity contribution >= 4 is 35.1 Å². The van der Waals surface area contributed by atoms with Crippen LogP contribution in [-0.2, 0) is 6.54 Å². The number of thiazole rings is 1. The first-order chi connectivity index (χ1) is 17.1. The minimum atomic E-state index is -0.291. The van der Waals surface area contributed by atoms with Gasteiger partial charge in [-0.1, -0.05) is 36.4 Å². The van der Waals surface area contributed by atoms with E-state index in [1.54, 1.807) is 60.8 Å². The number of hydrogen-bond acceptors (Lipinski definition) is 7. The third-order valence-electron chi connectivity index (χ3n) is 5.11. The highest BCUT2D eigenvalue weighted by Crippen LogP contribution is 2.36. The van der Waals surface area contributed by atoms with Crippen LogP contribution in [0.4, 0.5) is 5.69 Å². The van der Waals surface area contributed by atoms with Crippen LogP contribution in [0.15, 0.2) is 72.9 Å². The lowest BCUT2D eigenvalue weighted by Crippen LogP contribution is -2.22. The van der Waals surface area contributed by atoms with E-state index in [-0.39, 0.29) is 11.8 Å². The van der Waals surface area contributed by atoms with E-state index >= 15 is 0 Å². The standard InChI is InChI=1S/C25H17N3O4S.CH5N/c29-14-15-5-7-16(8-6-15)25-27-13-18(33-25)12-26-23(30)17-9-10-22-20(11-17)28-24(31)19-3-1-2-4-21(19)32-22;1-2/h1-11,13-14H,12H2,(H,26,30)(H,28,31);2H2,1H3. The molecule has 4 N–H and O–H groups in total. The Kier molecular flexibility index (Phi) is 7.30. The molecule has 0 fully saturated rings. The van der Waals surface area contributed by atoms with Crippen LogP contribution in [0, 0.1) is 0 Å². The average Bonchev–Trinajstić information content (AvgIpc) is 3.33. The summed E-state index contributed by atoms with van der Waals surface area (Å²) >= 11 is 1.46. The predicted molar refractivity (Wildman–Crippen MR) is 135 cm³/mol. The fourth-order valence-corrected chi connectivity index (χ4v) is 4.26. The van der Waals surface area contributed by atoms with Crippen LogP contribution in [-0.4, -0.2) is 30.1 Å². The highest BCUT2D eigenvalue weighted by Gasteiger charge is 2.21. The van der Waals surface area contributed by atoms with Gasteiger partial charge in [0.25, 0.3) is 11.8 Å². The predicted octanol–water partition coefficient (Wildman–Crippen LogP) is 4.49. The number of aldehydes is 1. The average molecular weight is 487 g/mol. The van der Waals surface area contributed by atoms with E-state index in [2.05, 4.69) is 21.4 Å². The molecular weight excluding hydrogens is 464 g/mol. The van der Waals surface area contributed by atoms with Crippen LogP contribution in [0.5, 0.6) is 11.5 Å². The second kappa shape index (κ2) is 10.7. The van der Waals surface area contributed by atoms with Gasteiger partial charge in [0.05, 0.1) is 17.8 Å². The number of carbonyl (C=O) groups excluding carboxylic acids is 3. The maximum Gasteiger partial charge on any atom is 0.259 e. The first-order valence-electron chi connectivity index (χ1n) is 10.7. The summed E-state index contributed by atoms with van der Waals surface area (Å²) in [5.74, 6) is 0.365. The largest absolute Gasteiger partial charge is 0.454 e. The van der Waals surface area contributed by atoms with Crippen LogP contribution in [0.2, 0.25) is 0 Å². The normalized spacial score (nSPS) is 11.4. The molecule has 4 aromatic rings. The summed E-state index contributed by atoms with van der Waals surface area (Å²) in [6, 6.07) is 19.1. The van der Waals surface area contributed by atoms with Gasteiger partial charge in [-0.2, -0.15) is 0 Å². The fourth-order valence-electron chi connectivity index (χ4n) is 3.41. The second-order valence-electron chi connectivity index (χ2n) is 7.32. The summed E-state index contributed by atoms with van der Waals surface area (Å²) in [5.41, 5.74) is 7.28. The summed E-state index contributed by atoms with van der Waals surface area (Å²) < 4.78 is 5.86. The van der Waals surface area contributed by atoms with Crippen LogP contribution >= 0.6 is 11.3 Å². The van der Waals surface area contributed by atoms with Crippen molar-refractivity contribution in [1.82, 2.24) is 10.3 Å². The number of hydrogen-bond donors (Lipinski definition) is 3. The zero-order chi connectivity index (χ0) is 24.8. The van der Waals surface area contributed by atoms with Gasteiger partial charge in [0.1, 0.15) is 17.0 Å². The van der Waals surface area contributed by atoms with Crippen LogP contribution in [0.1, 0.15) is 36.0 Å². The summed E-state index contributed by atoms with van der Waals surface area (Å²) in [4.78, 5) is 41.3. The number of para-hydroxylation sites is 1. The van der Waals surface area contributed by atoms with Crippen molar-refractivity contribution in [3.05, 3.63) is 94.5 Å². The van der Waals surface area contributed by atoms with Crippen molar-refractivity contribution in [2.24, 2.45) is 5.73 Å². The molecule has 0 aliphatic carbocycles. The lowest BCUT2D eigenvalue weighted by atomic mass is 10.1. The second-order valence-corrected chi connectivity index (χ2v) is 8.43. The molecular formula is C26H22N4O4S. The number of rotatable bonds is 5. The van der Waals surface area contributed by atoms with E-state index in [0.29, 0.717) is 40.4 Å². The van der Waals surface area contributed by atoms with Gasteiger partial charge < -0.3 is 21.1 Å². The van der Waals surface area contributed by atoms with Gasteiger partial charge in [-0.15, -0.1) is 11.3 Å². The summed E-state index contributed by atoms with van der Waals surface area (Å²) in [6.45, 7) is 0.314. The number of benzene rings is 3. The Hall–Kier alpha value is -4.34. The molecule has 0 saturated heterocycles.